The summed E-state index contributed by atoms with van der Waals surface area (Å²) in [7, 11) is 0. The molecule has 2 saturated carbocycles. The molecule has 4 aromatic rings. The standard InChI is InChI=1S/C19H16ClF3O2.C18H14ClF3O3/c1-11(24)14-6-12(7-15(8-14)13-2-3-13)10-25-18-5-4-16(9-17(18)20)19(21,22)23;19-15-8-14(18(20,21)22)3-4-16(15)25-9-10-5-12(11-1-2-11)7-13(6-10)17(23)24/h4-9,13H,2-3,10H2,1H3;3-8,11H,1-2,9H2,(H,23,24). The van der Waals surface area contributed by atoms with Gasteiger partial charge in [-0.2, -0.15) is 26.3 Å². The second kappa shape index (κ2) is 14.9. The second-order valence-corrected chi connectivity index (χ2v) is 13.0. The summed E-state index contributed by atoms with van der Waals surface area (Å²) in [6, 6.07) is 16.5. The van der Waals surface area contributed by atoms with Gasteiger partial charge in [-0.3, -0.25) is 4.79 Å². The SMILES string of the molecule is CC(=O)c1cc(COc2ccc(C(F)(F)F)cc2Cl)cc(C2CC2)c1.O=C(O)c1cc(COc2ccc(C(F)(F)F)cc2Cl)cc(C2CC2)c1. The van der Waals surface area contributed by atoms with Crippen molar-refractivity contribution in [3.05, 3.63) is 127 Å². The van der Waals surface area contributed by atoms with Gasteiger partial charge in [0, 0.05) is 5.56 Å². The van der Waals surface area contributed by atoms with E-state index in [9.17, 15) is 41.0 Å². The van der Waals surface area contributed by atoms with Crippen molar-refractivity contribution in [3.8, 4) is 11.5 Å². The van der Waals surface area contributed by atoms with Gasteiger partial charge in [0.15, 0.2) is 5.78 Å². The largest absolute Gasteiger partial charge is 0.487 e. The molecule has 13 heteroatoms. The molecule has 0 bridgehead atoms. The zero-order valence-electron chi connectivity index (χ0n) is 26.4. The molecule has 5 nitrogen and oxygen atoms in total. The molecule has 0 aromatic heterocycles. The molecule has 2 aliphatic carbocycles. The van der Waals surface area contributed by atoms with E-state index in [2.05, 4.69) is 0 Å². The summed E-state index contributed by atoms with van der Waals surface area (Å²) >= 11 is 11.8. The Hall–Kier alpha value is -4.22. The number of carboxylic acids is 1. The fourth-order valence-electron chi connectivity index (χ4n) is 5.15. The van der Waals surface area contributed by atoms with Crippen LogP contribution in [0.3, 0.4) is 0 Å². The summed E-state index contributed by atoms with van der Waals surface area (Å²) in [5.74, 6) is 0.0762. The van der Waals surface area contributed by atoms with Crippen LogP contribution in [0.25, 0.3) is 0 Å². The van der Waals surface area contributed by atoms with Crippen LogP contribution in [0.5, 0.6) is 11.5 Å². The van der Waals surface area contributed by atoms with Gasteiger partial charge in [-0.25, -0.2) is 4.79 Å². The number of carbonyl (C=O) groups excluding carboxylic acids is 1. The maximum atomic E-state index is 12.7. The molecule has 0 amide bonds. The number of carboxylic acid groups (broad SMARTS) is 1. The van der Waals surface area contributed by atoms with Gasteiger partial charge < -0.3 is 14.6 Å². The number of hydrogen-bond donors (Lipinski definition) is 1. The monoisotopic (exact) mass is 738 g/mol. The summed E-state index contributed by atoms with van der Waals surface area (Å²) in [6.45, 7) is 1.65. The van der Waals surface area contributed by atoms with Crippen molar-refractivity contribution in [1.82, 2.24) is 0 Å². The number of ether oxygens (including phenoxy) is 2. The summed E-state index contributed by atoms with van der Waals surface area (Å²) in [5, 5.41) is 8.96. The lowest BCUT2D eigenvalue weighted by atomic mass is 10.0. The summed E-state index contributed by atoms with van der Waals surface area (Å²) in [5.41, 5.74) is 2.58. The minimum atomic E-state index is -4.48. The van der Waals surface area contributed by atoms with E-state index in [4.69, 9.17) is 32.7 Å². The van der Waals surface area contributed by atoms with Crippen LogP contribution in [0, 0.1) is 0 Å². The smallest absolute Gasteiger partial charge is 0.416 e. The van der Waals surface area contributed by atoms with Crippen LogP contribution >= 0.6 is 23.2 Å². The van der Waals surface area contributed by atoms with Crippen LogP contribution in [0.4, 0.5) is 26.3 Å². The lowest BCUT2D eigenvalue weighted by Gasteiger charge is -2.13. The molecule has 0 saturated heterocycles. The number of alkyl halides is 6. The number of halogens is 8. The molecular formula is C37H30Cl2F6O5. The predicted molar refractivity (Wildman–Crippen MR) is 175 cm³/mol. The van der Waals surface area contributed by atoms with Gasteiger partial charge in [0.25, 0.3) is 0 Å². The summed E-state index contributed by atoms with van der Waals surface area (Å²) in [6.07, 6.45) is -4.67. The zero-order valence-corrected chi connectivity index (χ0v) is 27.9. The predicted octanol–water partition coefficient (Wildman–Crippen LogP) is 11.5. The highest BCUT2D eigenvalue weighted by molar-refractivity contribution is 6.32. The minimum Gasteiger partial charge on any atom is -0.487 e. The zero-order chi connectivity index (χ0) is 36.4. The Labute approximate surface area is 293 Å². The van der Waals surface area contributed by atoms with Crippen LogP contribution in [-0.2, 0) is 25.6 Å². The molecule has 2 aliphatic rings. The van der Waals surface area contributed by atoms with E-state index in [0.29, 0.717) is 23.0 Å². The van der Waals surface area contributed by atoms with E-state index in [1.165, 1.54) is 19.1 Å². The van der Waals surface area contributed by atoms with Crippen LogP contribution in [-0.4, -0.2) is 16.9 Å². The molecule has 4 aromatic carbocycles. The average Bonchev–Trinajstić information content (AvgIpc) is 3.96. The highest BCUT2D eigenvalue weighted by Crippen LogP contribution is 2.42. The molecule has 264 valence electrons. The Kier molecular flexibility index (Phi) is 11.1. The molecule has 0 radical (unpaired) electrons. The van der Waals surface area contributed by atoms with E-state index in [1.807, 2.05) is 18.2 Å². The minimum absolute atomic E-state index is 0.0198. The van der Waals surface area contributed by atoms with Crippen molar-refractivity contribution < 1.29 is 50.5 Å². The van der Waals surface area contributed by atoms with Gasteiger partial charge in [-0.15, -0.1) is 0 Å². The van der Waals surface area contributed by atoms with E-state index in [-0.39, 0.29) is 46.1 Å². The maximum Gasteiger partial charge on any atom is 0.416 e. The highest BCUT2D eigenvalue weighted by atomic mass is 35.5. The molecule has 6 rings (SSSR count). The topological polar surface area (TPSA) is 72.8 Å². The summed E-state index contributed by atoms with van der Waals surface area (Å²) in [4.78, 5) is 22.9. The molecule has 50 heavy (non-hydrogen) atoms. The highest BCUT2D eigenvalue weighted by Gasteiger charge is 2.32. The van der Waals surface area contributed by atoms with Crippen molar-refractivity contribution in [2.45, 2.75) is 70.0 Å². The van der Waals surface area contributed by atoms with Crippen molar-refractivity contribution in [1.29, 1.82) is 0 Å². The number of carbonyl (C=O) groups is 2. The quantitative estimate of drug-likeness (QED) is 0.129. The van der Waals surface area contributed by atoms with Crippen LogP contribution in [0.15, 0.2) is 72.8 Å². The van der Waals surface area contributed by atoms with Gasteiger partial charge >= 0.3 is 18.3 Å². The molecule has 0 heterocycles. The van der Waals surface area contributed by atoms with Crippen molar-refractivity contribution in [2.24, 2.45) is 0 Å². The first-order valence-electron chi connectivity index (χ1n) is 15.5. The van der Waals surface area contributed by atoms with Crippen molar-refractivity contribution >= 4 is 35.0 Å². The van der Waals surface area contributed by atoms with Gasteiger partial charge in [0.2, 0.25) is 0 Å². The Balaban J connectivity index is 0.000000194. The number of hydrogen-bond acceptors (Lipinski definition) is 4. The normalized spacial score (nSPS) is 14.4. The molecule has 0 spiro atoms. The van der Waals surface area contributed by atoms with Gasteiger partial charge in [0.1, 0.15) is 24.7 Å². The third-order valence-corrected chi connectivity index (χ3v) is 8.68. The van der Waals surface area contributed by atoms with E-state index in [1.54, 1.807) is 12.1 Å². The number of benzene rings is 4. The van der Waals surface area contributed by atoms with E-state index < -0.39 is 29.4 Å². The molecule has 0 unspecified atom stereocenters. The Bertz CT molecular complexity index is 1760. The molecular weight excluding hydrogens is 709 g/mol. The Morgan fingerprint density at radius 1 is 0.660 bits per heavy atom. The first-order valence-corrected chi connectivity index (χ1v) is 16.2. The fraction of sp³-hybridized carbons (Fsp3) is 0.297. The lowest BCUT2D eigenvalue weighted by Crippen LogP contribution is -2.05. The van der Waals surface area contributed by atoms with Gasteiger partial charge in [0.05, 0.1) is 26.7 Å². The average molecular weight is 740 g/mol. The fourth-order valence-corrected chi connectivity index (χ4v) is 5.62. The van der Waals surface area contributed by atoms with E-state index in [0.717, 1.165) is 72.7 Å². The van der Waals surface area contributed by atoms with Crippen molar-refractivity contribution in [2.75, 3.05) is 0 Å². The van der Waals surface area contributed by atoms with Crippen molar-refractivity contribution in [3.63, 3.8) is 0 Å². The number of rotatable bonds is 10. The Morgan fingerprint density at radius 3 is 1.40 bits per heavy atom. The third-order valence-electron chi connectivity index (χ3n) is 8.09. The lowest BCUT2D eigenvalue weighted by molar-refractivity contribution is -0.138. The molecule has 1 N–H and O–H groups in total. The van der Waals surface area contributed by atoms with Gasteiger partial charge in [-0.1, -0.05) is 35.3 Å². The number of ketones is 1. The third kappa shape index (κ3) is 9.94. The number of Topliss-reactive ketones (excluding diaryl/α,β-unsaturated/α-hetero) is 1. The van der Waals surface area contributed by atoms with Crippen LogP contribution < -0.4 is 9.47 Å². The Morgan fingerprint density at radius 2 is 1.06 bits per heavy atom. The first kappa shape index (κ1) is 37.0. The molecule has 2 fully saturated rings. The molecule has 0 atom stereocenters. The van der Waals surface area contributed by atoms with E-state index >= 15 is 0 Å². The molecule has 0 aliphatic heterocycles. The van der Waals surface area contributed by atoms with Crippen LogP contribution in [0.2, 0.25) is 10.0 Å². The maximum absolute atomic E-state index is 12.7. The summed E-state index contributed by atoms with van der Waals surface area (Å²) < 4.78 is 87.0. The van der Waals surface area contributed by atoms with Crippen LogP contribution in [0.1, 0.15) is 98.5 Å². The number of aromatic carboxylic acids is 1. The first-order chi connectivity index (χ1) is 23.5. The van der Waals surface area contributed by atoms with Gasteiger partial charge in [-0.05, 0) is 127 Å². The second-order valence-electron chi connectivity index (χ2n) is 12.2.